The van der Waals surface area contributed by atoms with Crippen LogP contribution in [0.3, 0.4) is 0 Å². The first-order chi connectivity index (χ1) is 5.27. The number of aliphatic hydroxyl groups excluding tert-OH is 1. The molecule has 0 aromatic heterocycles. The second kappa shape index (κ2) is 3.85. The molecule has 1 N–H and O–H groups in total. The van der Waals surface area contributed by atoms with Gasteiger partial charge < -0.3 is 14.6 Å². The highest BCUT2D eigenvalue weighted by Gasteiger charge is 2.27. The second-order valence-electron chi connectivity index (χ2n) is 2.55. The molecule has 0 saturated carbocycles. The van der Waals surface area contributed by atoms with Gasteiger partial charge in [-0.1, -0.05) is 6.58 Å². The molecule has 0 aliphatic carbocycles. The molecular formula is C8H14O3. The van der Waals surface area contributed by atoms with Gasteiger partial charge in [-0.25, -0.2) is 0 Å². The highest BCUT2D eigenvalue weighted by atomic mass is 16.7. The SMILES string of the molecule is C=C1CC(OCC)O[C@@H]1CO. The standard InChI is InChI=1S/C8H14O3/c1-3-10-8-4-6(2)7(5-9)11-8/h7-9H,2-5H2,1H3/t7-,8?/m1/s1. The Bertz CT molecular complexity index is 144. The molecule has 1 unspecified atom stereocenters. The number of rotatable bonds is 3. The number of aliphatic hydroxyl groups is 1. The van der Waals surface area contributed by atoms with Crippen molar-refractivity contribution in [1.82, 2.24) is 0 Å². The molecule has 3 heteroatoms. The van der Waals surface area contributed by atoms with Crippen molar-refractivity contribution in [3.05, 3.63) is 12.2 Å². The fourth-order valence-corrected chi connectivity index (χ4v) is 1.13. The molecule has 0 aromatic rings. The van der Waals surface area contributed by atoms with E-state index in [4.69, 9.17) is 14.6 Å². The smallest absolute Gasteiger partial charge is 0.162 e. The number of hydrogen-bond acceptors (Lipinski definition) is 3. The average Bonchev–Trinajstić information content (AvgIpc) is 2.32. The third-order valence-corrected chi connectivity index (χ3v) is 1.72. The molecule has 0 aromatic carbocycles. The van der Waals surface area contributed by atoms with Crippen molar-refractivity contribution in [2.45, 2.75) is 25.7 Å². The Kier molecular flexibility index (Phi) is 3.05. The third-order valence-electron chi connectivity index (χ3n) is 1.72. The Morgan fingerprint density at radius 1 is 1.82 bits per heavy atom. The van der Waals surface area contributed by atoms with Gasteiger partial charge in [-0.2, -0.15) is 0 Å². The van der Waals surface area contributed by atoms with Gasteiger partial charge in [0.05, 0.1) is 6.61 Å². The van der Waals surface area contributed by atoms with Gasteiger partial charge in [0, 0.05) is 13.0 Å². The molecule has 11 heavy (non-hydrogen) atoms. The third kappa shape index (κ3) is 2.02. The van der Waals surface area contributed by atoms with Crippen LogP contribution in [-0.4, -0.2) is 30.7 Å². The lowest BCUT2D eigenvalue weighted by atomic mass is 10.1. The zero-order valence-corrected chi connectivity index (χ0v) is 6.75. The van der Waals surface area contributed by atoms with Crippen LogP contribution in [0.2, 0.25) is 0 Å². The summed E-state index contributed by atoms with van der Waals surface area (Å²) >= 11 is 0. The molecule has 3 nitrogen and oxygen atoms in total. The lowest BCUT2D eigenvalue weighted by molar-refractivity contribution is -0.136. The van der Waals surface area contributed by atoms with E-state index in [1.807, 2.05) is 6.92 Å². The van der Waals surface area contributed by atoms with Crippen LogP contribution in [-0.2, 0) is 9.47 Å². The normalized spacial score (nSPS) is 31.3. The summed E-state index contributed by atoms with van der Waals surface area (Å²) in [7, 11) is 0. The molecule has 64 valence electrons. The number of ether oxygens (including phenoxy) is 2. The Hall–Kier alpha value is -0.380. The molecule has 0 amide bonds. The van der Waals surface area contributed by atoms with Gasteiger partial charge in [0.15, 0.2) is 6.29 Å². The van der Waals surface area contributed by atoms with E-state index in [1.54, 1.807) is 0 Å². The molecule has 1 fully saturated rings. The van der Waals surface area contributed by atoms with E-state index in [9.17, 15) is 0 Å². The lowest BCUT2D eigenvalue weighted by Gasteiger charge is -2.10. The van der Waals surface area contributed by atoms with Crippen LogP contribution >= 0.6 is 0 Å². The van der Waals surface area contributed by atoms with Crippen LogP contribution in [0.4, 0.5) is 0 Å². The zero-order chi connectivity index (χ0) is 8.27. The summed E-state index contributed by atoms with van der Waals surface area (Å²) in [4.78, 5) is 0. The van der Waals surface area contributed by atoms with Crippen molar-refractivity contribution in [1.29, 1.82) is 0 Å². The van der Waals surface area contributed by atoms with E-state index in [0.717, 1.165) is 5.57 Å². The Labute approximate surface area is 66.6 Å². The van der Waals surface area contributed by atoms with Crippen LogP contribution in [0.1, 0.15) is 13.3 Å². The van der Waals surface area contributed by atoms with Gasteiger partial charge in [0.25, 0.3) is 0 Å². The fraction of sp³-hybridized carbons (Fsp3) is 0.750. The Balaban J connectivity index is 2.36. The van der Waals surface area contributed by atoms with Crippen LogP contribution in [0.15, 0.2) is 12.2 Å². The van der Waals surface area contributed by atoms with E-state index in [1.165, 1.54) is 0 Å². The maximum absolute atomic E-state index is 8.78. The molecule has 1 rings (SSSR count). The van der Waals surface area contributed by atoms with Crippen molar-refractivity contribution >= 4 is 0 Å². The van der Waals surface area contributed by atoms with Crippen molar-refractivity contribution in [2.75, 3.05) is 13.2 Å². The van der Waals surface area contributed by atoms with Gasteiger partial charge in [0.1, 0.15) is 6.10 Å². The molecule has 0 spiro atoms. The van der Waals surface area contributed by atoms with E-state index in [0.29, 0.717) is 13.0 Å². The maximum atomic E-state index is 8.78. The molecule has 1 saturated heterocycles. The van der Waals surface area contributed by atoms with Crippen LogP contribution < -0.4 is 0 Å². The van der Waals surface area contributed by atoms with Gasteiger partial charge in [0.2, 0.25) is 0 Å². The highest BCUT2D eigenvalue weighted by molar-refractivity contribution is 5.07. The van der Waals surface area contributed by atoms with Crippen molar-refractivity contribution < 1.29 is 14.6 Å². The summed E-state index contributed by atoms with van der Waals surface area (Å²) in [6.45, 7) is 6.33. The van der Waals surface area contributed by atoms with Gasteiger partial charge in [-0.3, -0.25) is 0 Å². The molecule has 2 atom stereocenters. The molecule has 0 radical (unpaired) electrons. The van der Waals surface area contributed by atoms with E-state index in [2.05, 4.69) is 6.58 Å². The minimum Gasteiger partial charge on any atom is -0.393 e. The predicted molar refractivity (Wildman–Crippen MR) is 41.1 cm³/mol. The van der Waals surface area contributed by atoms with Crippen LogP contribution in [0.25, 0.3) is 0 Å². The summed E-state index contributed by atoms with van der Waals surface area (Å²) in [6, 6.07) is 0. The van der Waals surface area contributed by atoms with Gasteiger partial charge in [-0.05, 0) is 12.5 Å². The first-order valence-electron chi connectivity index (χ1n) is 3.83. The average molecular weight is 158 g/mol. The molecule has 1 heterocycles. The Morgan fingerprint density at radius 2 is 2.55 bits per heavy atom. The molecule has 0 bridgehead atoms. The zero-order valence-electron chi connectivity index (χ0n) is 6.75. The number of hydrogen-bond donors (Lipinski definition) is 1. The maximum Gasteiger partial charge on any atom is 0.162 e. The van der Waals surface area contributed by atoms with E-state index in [-0.39, 0.29) is 19.0 Å². The molecule has 1 aliphatic heterocycles. The molecule has 1 aliphatic rings. The first-order valence-corrected chi connectivity index (χ1v) is 3.83. The van der Waals surface area contributed by atoms with Crippen molar-refractivity contribution in [3.63, 3.8) is 0 Å². The minimum atomic E-state index is -0.216. The first kappa shape index (κ1) is 8.71. The van der Waals surface area contributed by atoms with E-state index < -0.39 is 0 Å². The highest BCUT2D eigenvalue weighted by Crippen LogP contribution is 2.24. The van der Waals surface area contributed by atoms with Crippen molar-refractivity contribution in [2.24, 2.45) is 0 Å². The Morgan fingerprint density at radius 3 is 3.00 bits per heavy atom. The monoisotopic (exact) mass is 158 g/mol. The largest absolute Gasteiger partial charge is 0.393 e. The summed E-state index contributed by atoms with van der Waals surface area (Å²) in [5, 5.41) is 8.78. The van der Waals surface area contributed by atoms with Crippen molar-refractivity contribution in [3.8, 4) is 0 Å². The molecular weight excluding hydrogens is 144 g/mol. The summed E-state index contributed by atoms with van der Waals surface area (Å²) < 4.78 is 10.5. The predicted octanol–water partition coefficient (Wildman–Crippen LogP) is 0.686. The summed E-state index contributed by atoms with van der Waals surface area (Å²) in [5.74, 6) is 0. The summed E-state index contributed by atoms with van der Waals surface area (Å²) in [5.41, 5.74) is 0.922. The van der Waals surface area contributed by atoms with Crippen LogP contribution in [0, 0.1) is 0 Å². The quantitative estimate of drug-likeness (QED) is 0.614. The minimum absolute atomic E-state index is 0.00239. The van der Waals surface area contributed by atoms with E-state index >= 15 is 0 Å². The topological polar surface area (TPSA) is 38.7 Å². The second-order valence-corrected chi connectivity index (χ2v) is 2.55. The van der Waals surface area contributed by atoms with Gasteiger partial charge >= 0.3 is 0 Å². The summed E-state index contributed by atoms with van der Waals surface area (Å²) in [6.07, 6.45) is 0.301. The lowest BCUT2D eigenvalue weighted by Crippen LogP contribution is -2.17. The van der Waals surface area contributed by atoms with Gasteiger partial charge in [-0.15, -0.1) is 0 Å². The van der Waals surface area contributed by atoms with Crippen LogP contribution in [0.5, 0.6) is 0 Å². The fourth-order valence-electron chi connectivity index (χ4n) is 1.13.